The van der Waals surface area contributed by atoms with E-state index in [0.717, 1.165) is 50.9 Å². The van der Waals surface area contributed by atoms with E-state index in [-0.39, 0.29) is 23.7 Å². The van der Waals surface area contributed by atoms with Crippen LogP contribution >= 0.6 is 0 Å². The Morgan fingerprint density at radius 1 is 1.36 bits per heavy atom. The Kier molecular flexibility index (Phi) is 6.37. The van der Waals surface area contributed by atoms with Crippen molar-refractivity contribution in [2.24, 2.45) is 5.92 Å². The molecule has 3 nitrogen and oxygen atoms in total. The van der Waals surface area contributed by atoms with Gasteiger partial charge in [-0.2, -0.15) is 0 Å². The number of piperidine rings is 1. The molecular weight excluding hydrogens is 279 g/mol. The predicted octanol–water partition coefficient (Wildman–Crippen LogP) is 3.52. The summed E-state index contributed by atoms with van der Waals surface area (Å²) in [5, 5.41) is 3.02. The van der Waals surface area contributed by atoms with E-state index in [1.165, 1.54) is 6.07 Å². The quantitative estimate of drug-likeness (QED) is 0.816. The van der Waals surface area contributed by atoms with Crippen LogP contribution in [0.3, 0.4) is 0 Å². The highest BCUT2D eigenvalue weighted by Crippen LogP contribution is 2.28. The number of nitrogens with zero attached hydrogens (tertiary/aromatic N) is 1. The SMILES string of the molecule is CCCCNC(=O)C1CCN(C(C)c2ccccc2F)CC1. The Bertz CT molecular complexity index is 484. The van der Waals surface area contributed by atoms with E-state index < -0.39 is 0 Å². The molecule has 0 bridgehead atoms. The lowest BCUT2D eigenvalue weighted by Crippen LogP contribution is -2.41. The second-order valence-electron chi connectivity index (χ2n) is 6.15. The normalized spacial score (nSPS) is 18.1. The van der Waals surface area contributed by atoms with E-state index in [0.29, 0.717) is 0 Å². The topological polar surface area (TPSA) is 32.3 Å². The summed E-state index contributed by atoms with van der Waals surface area (Å²) < 4.78 is 13.9. The maximum Gasteiger partial charge on any atom is 0.223 e. The zero-order valence-electron chi connectivity index (χ0n) is 13.6. The minimum absolute atomic E-state index is 0.0605. The molecule has 1 aromatic carbocycles. The van der Waals surface area contributed by atoms with Crippen LogP contribution in [-0.2, 0) is 4.79 Å². The van der Waals surface area contributed by atoms with Crippen molar-refractivity contribution in [3.05, 3.63) is 35.6 Å². The van der Waals surface area contributed by atoms with Gasteiger partial charge in [0.2, 0.25) is 5.91 Å². The fraction of sp³-hybridized carbons (Fsp3) is 0.611. The number of hydrogen-bond donors (Lipinski definition) is 1. The monoisotopic (exact) mass is 306 g/mol. The first-order valence-electron chi connectivity index (χ1n) is 8.39. The van der Waals surface area contributed by atoms with Crippen molar-refractivity contribution in [3.8, 4) is 0 Å². The Morgan fingerprint density at radius 2 is 2.05 bits per heavy atom. The Hall–Kier alpha value is -1.42. The van der Waals surface area contributed by atoms with E-state index in [4.69, 9.17) is 0 Å². The lowest BCUT2D eigenvalue weighted by molar-refractivity contribution is -0.126. The fourth-order valence-corrected chi connectivity index (χ4v) is 3.09. The molecule has 1 saturated heterocycles. The molecule has 0 aromatic heterocycles. The number of nitrogens with one attached hydrogen (secondary N) is 1. The summed E-state index contributed by atoms with van der Waals surface area (Å²) in [6, 6.07) is 7.02. The van der Waals surface area contributed by atoms with Gasteiger partial charge in [0.15, 0.2) is 0 Å². The Balaban J connectivity index is 1.84. The molecule has 1 fully saturated rings. The molecule has 4 heteroatoms. The molecule has 0 radical (unpaired) electrons. The lowest BCUT2D eigenvalue weighted by atomic mass is 9.93. The number of halogens is 1. The van der Waals surface area contributed by atoms with Gasteiger partial charge in [-0.05, 0) is 45.3 Å². The smallest absolute Gasteiger partial charge is 0.223 e. The van der Waals surface area contributed by atoms with Crippen LogP contribution in [0.15, 0.2) is 24.3 Å². The second kappa shape index (κ2) is 8.28. The molecule has 1 heterocycles. The molecule has 0 aliphatic carbocycles. The molecular formula is C18H27FN2O. The average molecular weight is 306 g/mol. The van der Waals surface area contributed by atoms with Gasteiger partial charge < -0.3 is 5.32 Å². The van der Waals surface area contributed by atoms with Crippen LogP contribution in [0.4, 0.5) is 4.39 Å². The highest BCUT2D eigenvalue weighted by atomic mass is 19.1. The summed E-state index contributed by atoms with van der Waals surface area (Å²) in [7, 11) is 0. The molecule has 2 rings (SSSR count). The first kappa shape index (κ1) is 16.9. The van der Waals surface area contributed by atoms with E-state index in [1.807, 2.05) is 19.1 Å². The van der Waals surface area contributed by atoms with E-state index in [9.17, 15) is 9.18 Å². The zero-order valence-corrected chi connectivity index (χ0v) is 13.6. The third-order valence-electron chi connectivity index (χ3n) is 4.63. The number of benzene rings is 1. The number of carbonyl (C=O) groups is 1. The number of amides is 1. The summed E-state index contributed by atoms with van der Waals surface area (Å²) in [5.41, 5.74) is 0.744. The van der Waals surface area contributed by atoms with Gasteiger partial charge in [-0.1, -0.05) is 31.5 Å². The highest BCUT2D eigenvalue weighted by Gasteiger charge is 2.28. The molecule has 0 saturated carbocycles. The predicted molar refractivity (Wildman–Crippen MR) is 87.0 cm³/mol. The average Bonchev–Trinajstić information content (AvgIpc) is 2.55. The van der Waals surface area contributed by atoms with Gasteiger partial charge in [-0.3, -0.25) is 9.69 Å². The number of rotatable bonds is 6. The molecule has 1 unspecified atom stereocenters. The van der Waals surface area contributed by atoms with E-state index in [1.54, 1.807) is 6.07 Å². The van der Waals surface area contributed by atoms with Crippen molar-refractivity contribution in [2.45, 2.75) is 45.6 Å². The van der Waals surface area contributed by atoms with Gasteiger partial charge in [0.1, 0.15) is 5.82 Å². The van der Waals surface area contributed by atoms with Crippen molar-refractivity contribution in [3.63, 3.8) is 0 Å². The highest BCUT2D eigenvalue weighted by molar-refractivity contribution is 5.78. The fourth-order valence-electron chi connectivity index (χ4n) is 3.09. The van der Waals surface area contributed by atoms with Crippen LogP contribution in [0.2, 0.25) is 0 Å². The van der Waals surface area contributed by atoms with Gasteiger partial charge in [0, 0.05) is 24.1 Å². The van der Waals surface area contributed by atoms with Gasteiger partial charge in [-0.25, -0.2) is 4.39 Å². The molecule has 0 spiro atoms. The molecule has 1 aliphatic rings. The number of hydrogen-bond acceptors (Lipinski definition) is 2. The first-order chi connectivity index (χ1) is 10.6. The van der Waals surface area contributed by atoms with Gasteiger partial charge >= 0.3 is 0 Å². The lowest BCUT2D eigenvalue weighted by Gasteiger charge is -2.35. The molecule has 1 atom stereocenters. The molecule has 1 amide bonds. The maximum absolute atomic E-state index is 13.9. The van der Waals surface area contributed by atoms with Crippen molar-refractivity contribution in [1.29, 1.82) is 0 Å². The minimum Gasteiger partial charge on any atom is -0.356 e. The molecule has 122 valence electrons. The van der Waals surface area contributed by atoms with Crippen molar-refractivity contribution in [1.82, 2.24) is 10.2 Å². The van der Waals surface area contributed by atoms with Crippen molar-refractivity contribution in [2.75, 3.05) is 19.6 Å². The molecule has 1 aromatic rings. The minimum atomic E-state index is -0.144. The van der Waals surface area contributed by atoms with Crippen LogP contribution in [0.5, 0.6) is 0 Å². The standard InChI is InChI=1S/C18H27FN2O/c1-3-4-11-20-18(22)15-9-12-21(13-10-15)14(2)16-7-5-6-8-17(16)19/h5-8,14-15H,3-4,9-13H2,1-2H3,(H,20,22). The largest absolute Gasteiger partial charge is 0.356 e. The number of carbonyl (C=O) groups excluding carboxylic acids is 1. The number of unbranched alkanes of at least 4 members (excludes halogenated alkanes) is 1. The van der Waals surface area contributed by atoms with Gasteiger partial charge in [-0.15, -0.1) is 0 Å². The maximum atomic E-state index is 13.9. The summed E-state index contributed by atoms with van der Waals surface area (Å²) in [6.07, 6.45) is 3.85. The van der Waals surface area contributed by atoms with Crippen LogP contribution in [-0.4, -0.2) is 30.4 Å². The summed E-state index contributed by atoms with van der Waals surface area (Å²) >= 11 is 0. The summed E-state index contributed by atoms with van der Waals surface area (Å²) in [6.45, 7) is 6.64. The summed E-state index contributed by atoms with van der Waals surface area (Å²) in [4.78, 5) is 14.4. The number of likely N-dealkylation sites (tertiary alicyclic amines) is 1. The second-order valence-corrected chi connectivity index (χ2v) is 6.15. The van der Waals surface area contributed by atoms with Crippen molar-refractivity contribution < 1.29 is 9.18 Å². The van der Waals surface area contributed by atoms with Crippen LogP contribution < -0.4 is 5.32 Å². The van der Waals surface area contributed by atoms with E-state index in [2.05, 4.69) is 17.1 Å². The summed E-state index contributed by atoms with van der Waals surface area (Å²) in [5.74, 6) is 0.155. The molecule has 22 heavy (non-hydrogen) atoms. The van der Waals surface area contributed by atoms with Crippen LogP contribution in [0.25, 0.3) is 0 Å². The van der Waals surface area contributed by atoms with Crippen LogP contribution in [0, 0.1) is 11.7 Å². The molecule has 1 N–H and O–H groups in total. The van der Waals surface area contributed by atoms with E-state index >= 15 is 0 Å². The third-order valence-corrected chi connectivity index (χ3v) is 4.63. The van der Waals surface area contributed by atoms with Gasteiger partial charge in [0.05, 0.1) is 0 Å². The Morgan fingerprint density at radius 3 is 2.68 bits per heavy atom. The van der Waals surface area contributed by atoms with Gasteiger partial charge in [0.25, 0.3) is 0 Å². The molecule has 1 aliphatic heterocycles. The van der Waals surface area contributed by atoms with Crippen LogP contribution in [0.1, 0.15) is 51.1 Å². The Labute approximate surface area is 132 Å². The van der Waals surface area contributed by atoms with Crippen molar-refractivity contribution >= 4 is 5.91 Å². The first-order valence-corrected chi connectivity index (χ1v) is 8.39. The third kappa shape index (κ3) is 4.29. The zero-order chi connectivity index (χ0) is 15.9.